The van der Waals surface area contributed by atoms with Crippen LogP contribution in [0.1, 0.15) is 13.8 Å². The van der Waals surface area contributed by atoms with Gasteiger partial charge in [0.05, 0.1) is 12.7 Å². The first kappa shape index (κ1) is 12.8. The summed E-state index contributed by atoms with van der Waals surface area (Å²) in [5, 5.41) is 9.40. The standard InChI is InChI=1S/C9H22N2O2/c1-8(2)7-13-10-5-9(12)6-11(3)4/h8-10,12H,5-7H2,1-4H3. The highest BCUT2D eigenvalue weighted by atomic mass is 16.6. The molecule has 0 bridgehead atoms. The molecule has 0 aromatic carbocycles. The molecule has 0 aromatic rings. The van der Waals surface area contributed by atoms with E-state index in [-0.39, 0.29) is 6.10 Å². The summed E-state index contributed by atoms with van der Waals surface area (Å²) < 4.78 is 0. The van der Waals surface area contributed by atoms with Gasteiger partial charge in [-0.2, -0.15) is 5.48 Å². The molecule has 0 aliphatic carbocycles. The van der Waals surface area contributed by atoms with Gasteiger partial charge in [-0.3, -0.25) is 0 Å². The Balaban J connectivity index is 3.22. The number of rotatable bonds is 7. The largest absolute Gasteiger partial charge is 0.390 e. The lowest BCUT2D eigenvalue weighted by molar-refractivity contribution is -0.00315. The fraction of sp³-hybridized carbons (Fsp3) is 1.00. The highest BCUT2D eigenvalue weighted by Gasteiger charge is 2.04. The van der Waals surface area contributed by atoms with Crippen molar-refractivity contribution < 1.29 is 9.94 Å². The zero-order valence-electron chi connectivity index (χ0n) is 9.08. The second-order valence-corrected chi connectivity index (χ2v) is 3.97. The molecule has 1 atom stereocenters. The van der Waals surface area contributed by atoms with Gasteiger partial charge >= 0.3 is 0 Å². The zero-order chi connectivity index (χ0) is 10.3. The summed E-state index contributed by atoms with van der Waals surface area (Å²) in [4.78, 5) is 7.06. The molecule has 0 rings (SSSR count). The van der Waals surface area contributed by atoms with E-state index in [4.69, 9.17) is 4.84 Å². The van der Waals surface area contributed by atoms with E-state index < -0.39 is 0 Å². The number of aliphatic hydroxyl groups is 1. The van der Waals surface area contributed by atoms with Crippen LogP contribution in [0.5, 0.6) is 0 Å². The predicted molar refractivity (Wildman–Crippen MR) is 53.4 cm³/mol. The van der Waals surface area contributed by atoms with Crippen LogP contribution >= 0.6 is 0 Å². The Hall–Kier alpha value is -0.160. The summed E-state index contributed by atoms with van der Waals surface area (Å²) in [6.45, 7) is 5.97. The third-order valence-corrected chi connectivity index (χ3v) is 1.41. The van der Waals surface area contributed by atoms with Crippen LogP contribution in [0.2, 0.25) is 0 Å². The lowest BCUT2D eigenvalue weighted by atomic mass is 10.2. The number of nitrogens with zero attached hydrogens (tertiary/aromatic N) is 1. The molecule has 0 saturated heterocycles. The highest BCUT2D eigenvalue weighted by molar-refractivity contribution is 4.58. The molecule has 0 radical (unpaired) electrons. The topological polar surface area (TPSA) is 44.7 Å². The van der Waals surface area contributed by atoms with Gasteiger partial charge in [0.1, 0.15) is 0 Å². The second-order valence-electron chi connectivity index (χ2n) is 3.97. The molecular weight excluding hydrogens is 168 g/mol. The van der Waals surface area contributed by atoms with E-state index in [1.807, 2.05) is 19.0 Å². The van der Waals surface area contributed by atoms with Crippen molar-refractivity contribution in [2.24, 2.45) is 5.92 Å². The summed E-state index contributed by atoms with van der Waals surface area (Å²) in [5.74, 6) is 0.512. The Morgan fingerprint density at radius 3 is 2.46 bits per heavy atom. The van der Waals surface area contributed by atoms with Crippen molar-refractivity contribution in [2.75, 3.05) is 33.8 Å². The number of hydrogen-bond acceptors (Lipinski definition) is 4. The molecule has 0 amide bonds. The van der Waals surface area contributed by atoms with E-state index in [2.05, 4.69) is 19.3 Å². The van der Waals surface area contributed by atoms with Crippen molar-refractivity contribution in [1.29, 1.82) is 0 Å². The molecule has 4 nitrogen and oxygen atoms in total. The van der Waals surface area contributed by atoms with E-state index in [0.717, 1.165) is 0 Å². The van der Waals surface area contributed by atoms with Crippen LogP contribution in [-0.4, -0.2) is 49.9 Å². The summed E-state index contributed by atoms with van der Waals surface area (Å²) in [5.41, 5.74) is 2.75. The van der Waals surface area contributed by atoms with E-state index in [1.165, 1.54) is 0 Å². The van der Waals surface area contributed by atoms with Crippen LogP contribution in [0.3, 0.4) is 0 Å². The molecule has 0 heterocycles. The van der Waals surface area contributed by atoms with Crippen molar-refractivity contribution in [3.05, 3.63) is 0 Å². The Kier molecular flexibility index (Phi) is 7.17. The number of aliphatic hydroxyl groups excluding tert-OH is 1. The van der Waals surface area contributed by atoms with Gasteiger partial charge in [-0.05, 0) is 20.0 Å². The third kappa shape index (κ3) is 9.76. The molecule has 13 heavy (non-hydrogen) atoms. The predicted octanol–water partition coefficient (Wildman–Crippen LogP) is 0.0861. The molecule has 0 aliphatic heterocycles. The molecule has 0 fully saturated rings. The van der Waals surface area contributed by atoms with Crippen molar-refractivity contribution in [3.63, 3.8) is 0 Å². The Labute approximate surface area is 80.8 Å². The van der Waals surface area contributed by atoms with Crippen molar-refractivity contribution >= 4 is 0 Å². The molecule has 0 saturated carbocycles. The quantitative estimate of drug-likeness (QED) is 0.441. The minimum atomic E-state index is -0.373. The van der Waals surface area contributed by atoms with Gasteiger partial charge in [0, 0.05) is 13.1 Å². The van der Waals surface area contributed by atoms with Crippen LogP contribution in [0.15, 0.2) is 0 Å². The van der Waals surface area contributed by atoms with Gasteiger partial charge in [-0.1, -0.05) is 13.8 Å². The first-order valence-corrected chi connectivity index (χ1v) is 4.69. The minimum absolute atomic E-state index is 0.373. The smallest absolute Gasteiger partial charge is 0.0814 e. The van der Waals surface area contributed by atoms with Gasteiger partial charge in [0.2, 0.25) is 0 Å². The Morgan fingerprint density at radius 1 is 1.38 bits per heavy atom. The van der Waals surface area contributed by atoms with Crippen LogP contribution < -0.4 is 5.48 Å². The summed E-state index contributed by atoms with van der Waals surface area (Å²) in [7, 11) is 3.86. The first-order valence-electron chi connectivity index (χ1n) is 4.69. The summed E-state index contributed by atoms with van der Waals surface area (Å²) >= 11 is 0. The number of hydrogen-bond donors (Lipinski definition) is 2. The molecule has 1 unspecified atom stereocenters. The molecule has 0 aromatic heterocycles. The monoisotopic (exact) mass is 190 g/mol. The third-order valence-electron chi connectivity index (χ3n) is 1.41. The van der Waals surface area contributed by atoms with Gasteiger partial charge in [-0.25, -0.2) is 0 Å². The van der Waals surface area contributed by atoms with Crippen LogP contribution in [0, 0.1) is 5.92 Å². The second kappa shape index (κ2) is 7.26. The van der Waals surface area contributed by atoms with E-state index in [9.17, 15) is 5.11 Å². The summed E-state index contributed by atoms with van der Waals surface area (Å²) in [6, 6.07) is 0. The van der Waals surface area contributed by atoms with Crippen LogP contribution in [0.25, 0.3) is 0 Å². The van der Waals surface area contributed by atoms with Crippen molar-refractivity contribution in [1.82, 2.24) is 10.4 Å². The van der Waals surface area contributed by atoms with Crippen LogP contribution in [0.4, 0.5) is 0 Å². The maximum Gasteiger partial charge on any atom is 0.0814 e. The lowest BCUT2D eigenvalue weighted by Crippen LogP contribution is -2.35. The van der Waals surface area contributed by atoms with Crippen molar-refractivity contribution in [3.8, 4) is 0 Å². The Morgan fingerprint density at radius 2 is 2.00 bits per heavy atom. The molecule has 4 heteroatoms. The lowest BCUT2D eigenvalue weighted by Gasteiger charge is -2.16. The minimum Gasteiger partial charge on any atom is -0.390 e. The van der Waals surface area contributed by atoms with Gasteiger partial charge in [0.25, 0.3) is 0 Å². The highest BCUT2D eigenvalue weighted by Crippen LogP contribution is 1.90. The summed E-state index contributed by atoms with van der Waals surface area (Å²) in [6.07, 6.45) is -0.373. The SMILES string of the molecule is CC(C)CONCC(O)CN(C)C. The number of likely N-dealkylation sites (N-methyl/N-ethyl adjacent to an activating group) is 1. The average Bonchev–Trinajstić information content (AvgIpc) is 1.96. The average molecular weight is 190 g/mol. The molecular formula is C9H22N2O2. The maximum atomic E-state index is 9.40. The zero-order valence-corrected chi connectivity index (χ0v) is 9.08. The fourth-order valence-electron chi connectivity index (χ4n) is 0.867. The van der Waals surface area contributed by atoms with Gasteiger partial charge in [-0.15, -0.1) is 0 Å². The molecule has 2 N–H and O–H groups in total. The van der Waals surface area contributed by atoms with Gasteiger partial charge in [0.15, 0.2) is 0 Å². The molecule has 0 aliphatic rings. The first-order chi connectivity index (χ1) is 6.02. The Bertz CT molecular complexity index is 118. The maximum absolute atomic E-state index is 9.40. The van der Waals surface area contributed by atoms with E-state index in [0.29, 0.717) is 25.6 Å². The number of nitrogens with one attached hydrogen (secondary N) is 1. The van der Waals surface area contributed by atoms with Gasteiger partial charge < -0.3 is 14.8 Å². The normalized spacial score (nSPS) is 14.1. The molecule has 0 spiro atoms. The van der Waals surface area contributed by atoms with Crippen molar-refractivity contribution in [2.45, 2.75) is 20.0 Å². The van der Waals surface area contributed by atoms with E-state index >= 15 is 0 Å². The van der Waals surface area contributed by atoms with E-state index in [1.54, 1.807) is 0 Å². The number of hydroxylamine groups is 1. The fourth-order valence-corrected chi connectivity index (χ4v) is 0.867. The molecule has 80 valence electrons. The van der Waals surface area contributed by atoms with Crippen LogP contribution in [-0.2, 0) is 4.84 Å².